The molecule has 0 aromatic carbocycles. The van der Waals surface area contributed by atoms with Gasteiger partial charge in [-0.2, -0.15) is 0 Å². The van der Waals surface area contributed by atoms with Crippen LogP contribution in [0.2, 0.25) is 0 Å². The Kier molecular flexibility index (Phi) is 4.08. The van der Waals surface area contributed by atoms with E-state index in [9.17, 15) is 9.59 Å². The number of aliphatic carboxylic acids is 1. The van der Waals surface area contributed by atoms with Crippen molar-refractivity contribution in [1.82, 2.24) is 9.80 Å². The number of amides is 1. The fraction of sp³-hybridized carbons (Fsp3) is 0.800. The molecule has 0 spiro atoms. The highest BCUT2D eigenvalue weighted by molar-refractivity contribution is 5.82. The zero-order chi connectivity index (χ0) is 11.4. The summed E-state index contributed by atoms with van der Waals surface area (Å²) in [6, 6.07) is -0.138. The summed E-state index contributed by atoms with van der Waals surface area (Å²) in [4.78, 5) is 25.9. The average molecular weight is 214 g/mol. The molecule has 0 aliphatic carbocycles. The molecule has 1 unspecified atom stereocenters. The van der Waals surface area contributed by atoms with E-state index in [1.54, 1.807) is 4.90 Å². The van der Waals surface area contributed by atoms with Crippen molar-refractivity contribution in [2.45, 2.75) is 25.8 Å². The van der Waals surface area contributed by atoms with Gasteiger partial charge in [-0.05, 0) is 20.4 Å². The molecule has 15 heavy (non-hydrogen) atoms. The van der Waals surface area contributed by atoms with Crippen LogP contribution in [0.25, 0.3) is 0 Å². The van der Waals surface area contributed by atoms with Gasteiger partial charge in [0.15, 0.2) is 0 Å². The van der Waals surface area contributed by atoms with Crippen molar-refractivity contribution < 1.29 is 14.7 Å². The Hall–Kier alpha value is -1.10. The van der Waals surface area contributed by atoms with Crippen molar-refractivity contribution in [2.75, 3.05) is 26.7 Å². The highest BCUT2D eigenvalue weighted by atomic mass is 16.4. The van der Waals surface area contributed by atoms with Crippen molar-refractivity contribution in [3.63, 3.8) is 0 Å². The second-order valence-corrected chi connectivity index (χ2v) is 3.98. The minimum Gasteiger partial charge on any atom is -0.481 e. The molecule has 5 heteroatoms. The van der Waals surface area contributed by atoms with E-state index in [0.29, 0.717) is 13.1 Å². The largest absolute Gasteiger partial charge is 0.481 e. The third kappa shape index (κ3) is 3.20. The summed E-state index contributed by atoms with van der Waals surface area (Å²) >= 11 is 0. The molecule has 0 aromatic heterocycles. The van der Waals surface area contributed by atoms with Gasteiger partial charge in [-0.15, -0.1) is 0 Å². The highest BCUT2D eigenvalue weighted by Crippen LogP contribution is 2.09. The van der Waals surface area contributed by atoms with Crippen molar-refractivity contribution in [3.05, 3.63) is 0 Å². The molecule has 1 rings (SSSR count). The van der Waals surface area contributed by atoms with Crippen LogP contribution < -0.4 is 0 Å². The lowest BCUT2D eigenvalue weighted by molar-refractivity contribution is -0.139. The van der Waals surface area contributed by atoms with Crippen LogP contribution in [0.15, 0.2) is 0 Å². The van der Waals surface area contributed by atoms with Gasteiger partial charge < -0.3 is 10.0 Å². The second kappa shape index (κ2) is 5.11. The SMILES string of the molecule is CC1C(=O)N(CCC(=O)O)CCCN1C. The first-order chi connectivity index (χ1) is 7.02. The Balaban J connectivity index is 2.56. The molecule has 1 fully saturated rings. The van der Waals surface area contributed by atoms with E-state index < -0.39 is 5.97 Å². The lowest BCUT2D eigenvalue weighted by Crippen LogP contribution is -2.43. The van der Waals surface area contributed by atoms with Crippen molar-refractivity contribution >= 4 is 11.9 Å². The van der Waals surface area contributed by atoms with Crippen LogP contribution in [-0.4, -0.2) is 59.5 Å². The first-order valence-corrected chi connectivity index (χ1v) is 5.23. The summed E-state index contributed by atoms with van der Waals surface area (Å²) in [5.41, 5.74) is 0. The van der Waals surface area contributed by atoms with E-state index in [0.717, 1.165) is 13.0 Å². The topological polar surface area (TPSA) is 60.9 Å². The van der Waals surface area contributed by atoms with Crippen molar-refractivity contribution in [1.29, 1.82) is 0 Å². The van der Waals surface area contributed by atoms with Gasteiger partial charge in [0.1, 0.15) is 0 Å². The quantitative estimate of drug-likeness (QED) is 0.719. The Bertz CT molecular complexity index is 255. The van der Waals surface area contributed by atoms with Gasteiger partial charge in [-0.3, -0.25) is 14.5 Å². The summed E-state index contributed by atoms with van der Waals surface area (Å²) in [5, 5.41) is 8.57. The molecule has 0 radical (unpaired) electrons. The molecule has 0 saturated carbocycles. The van der Waals surface area contributed by atoms with Gasteiger partial charge in [0.05, 0.1) is 12.5 Å². The first-order valence-electron chi connectivity index (χ1n) is 5.23. The van der Waals surface area contributed by atoms with Gasteiger partial charge in [0.25, 0.3) is 0 Å². The van der Waals surface area contributed by atoms with E-state index in [1.165, 1.54) is 0 Å². The standard InChI is InChI=1S/C10H18N2O3/c1-8-10(15)12(7-4-9(13)14)6-3-5-11(8)2/h8H,3-7H2,1-2H3,(H,13,14). The van der Waals surface area contributed by atoms with Crippen LogP contribution in [-0.2, 0) is 9.59 Å². The maximum Gasteiger partial charge on any atom is 0.305 e. The van der Waals surface area contributed by atoms with E-state index in [2.05, 4.69) is 0 Å². The van der Waals surface area contributed by atoms with Gasteiger partial charge in [0, 0.05) is 19.6 Å². The third-order valence-corrected chi connectivity index (χ3v) is 2.86. The van der Waals surface area contributed by atoms with Crippen LogP contribution in [0.5, 0.6) is 0 Å². The summed E-state index contributed by atoms with van der Waals surface area (Å²) in [7, 11) is 1.92. The number of hydrogen-bond donors (Lipinski definition) is 1. The molecule has 0 bridgehead atoms. The summed E-state index contributed by atoms with van der Waals surface area (Å²) in [6.45, 7) is 3.74. The monoisotopic (exact) mass is 214 g/mol. The summed E-state index contributed by atoms with van der Waals surface area (Å²) in [5.74, 6) is -0.815. The minimum atomic E-state index is -0.854. The Morgan fingerprint density at radius 3 is 2.80 bits per heavy atom. The van der Waals surface area contributed by atoms with Crippen LogP contribution in [0, 0.1) is 0 Å². The highest BCUT2D eigenvalue weighted by Gasteiger charge is 2.26. The number of carbonyl (C=O) groups is 2. The average Bonchev–Trinajstić information content (AvgIpc) is 2.29. The Morgan fingerprint density at radius 2 is 2.20 bits per heavy atom. The fourth-order valence-electron chi connectivity index (χ4n) is 1.72. The van der Waals surface area contributed by atoms with Crippen LogP contribution in [0.3, 0.4) is 0 Å². The molecule has 1 heterocycles. The number of likely N-dealkylation sites (N-methyl/N-ethyl adjacent to an activating group) is 1. The van der Waals surface area contributed by atoms with Gasteiger partial charge in [-0.25, -0.2) is 0 Å². The maximum absolute atomic E-state index is 11.9. The van der Waals surface area contributed by atoms with Crippen LogP contribution in [0.1, 0.15) is 19.8 Å². The van der Waals surface area contributed by atoms with E-state index in [-0.39, 0.29) is 18.4 Å². The van der Waals surface area contributed by atoms with Crippen LogP contribution in [0.4, 0.5) is 0 Å². The van der Waals surface area contributed by atoms with Gasteiger partial charge in [0.2, 0.25) is 5.91 Å². The zero-order valence-corrected chi connectivity index (χ0v) is 9.27. The number of carboxylic acids is 1. The second-order valence-electron chi connectivity index (χ2n) is 3.98. The Labute approximate surface area is 89.7 Å². The van der Waals surface area contributed by atoms with Crippen molar-refractivity contribution in [3.8, 4) is 0 Å². The number of nitrogens with zero attached hydrogens (tertiary/aromatic N) is 2. The summed E-state index contributed by atoms with van der Waals surface area (Å²) in [6.07, 6.45) is 0.939. The predicted octanol–water partition coefficient (Wildman–Crippen LogP) is 0.0137. The molecule has 1 atom stereocenters. The smallest absolute Gasteiger partial charge is 0.305 e. The normalized spacial score (nSPS) is 24.0. The number of rotatable bonds is 3. The van der Waals surface area contributed by atoms with E-state index in [4.69, 9.17) is 5.11 Å². The molecule has 1 aliphatic heterocycles. The molecule has 1 aliphatic rings. The zero-order valence-electron chi connectivity index (χ0n) is 9.27. The molecule has 1 N–H and O–H groups in total. The number of carbonyl (C=O) groups excluding carboxylic acids is 1. The third-order valence-electron chi connectivity index (χ3n) is 2.86. The lowest BCUT2D eigenvalue weighted by Gasteiger charge is -2.24. The minimum absolute atomic E-state index is 0.0299. The molecular formula is C10H18N2O3. The van der Waals surface area contributed by atoms with E-state index >= 15 is 0 Å². The summed E-state index contributed by atoms with van der Waals surface area (Å²) < 4.78 is 0. The fourth-order valence-corrected chi connectivity index (χ4v) is 1.72. The van der Waals surface area contributed by atoms with Gasteiger partial charge >= 0.3 is 5.97 Å². The molecule has 1 amide bonds. The molecule has 0 aromatic rings. The molecular weight excluding hydrogens is 196 g/mol. The molecule has 1 saturated heterocycles. The number of hydrogen-bond acceptors (Lipinski definition) is 3. The first kappa shape index (κ1) is 12.0. The van der Waals surface area contributed by atoms with Crippen LogP contribution >= 0.6 is 0 Å². The van der Waals surface area contributed by atoms with Crippen molar-refractivity contribution in [2.24, 2.45) is 0 Å². The predicted molar refractivity (Wildman–Crippen MR) is 55.5 cm³/mol. The van der Waals surface area contributed by atoms with Gasteiger partial charge in [-0.1, -0.05) is 0 Å². The molecule has 5 nitrogen and oxygen atoms in total. The number of carboxylic acid groups (broad SMARTS) is 1. The molecule has 86 valence electrons. The van der Waals surface area contributed by atoms with E-state index in [1.807, 2.05) is 18.9 Å². The lowest BCUT2D eigenvalue weighted by atomic mass is 10.2. The maximum atomic E-state index is 11.9. The Morgan fingerprint density at radius 1 is 1.53 bits per heavy atom.